The standard InChI is InChI=1S/C11H18O/c1-6-7-8-10(4)12-11(5)9(2)3/h6-8H,1-5H3. The Morgan fingerprint density at radius 3 is 2.08 bits per heavy atom. The maximum absolute atomic E-state index is 5.50. The van der Waals surface area contributed by atoms with E-state index in [-0.39, 0.29) is 0 Å². The Morgan fingerprint density at radius 2 is 1.67 bits per heavy atom. The van der Waals surface area contributed by atoms with Crippen LogP contribution in [0.3, 0.4) is 0 Å². The molecule has 1 heteroatoms. The number of hydrogen-bond acceptors (Lipinski definition) is 1. The van der Waals surface area contributed by atoms with Gasteiger partial charge in [-0.25, -0.2) is 0 Å². The van der Waals surface area contributed by atoms with Crippen LogP contribution in [0.5, 0.6) is 0 Å². The van der Waals surface area contributed by atoms with Gasteiger partial charge in [0.15, 0.2) is 0 Å². The molecule has 0 unspecified atom stereocenters. The van der Waals surface area contributed by atoms with Gasteiger partial charge in [-0.3, -0.25) is 0 Å². The monoisotopic (exact) mass is 166 g/mol. The van der Waals surface area contributed by atoms with Crippen LogP contribution in [0.4, 0.5) is 0 Å². The number of allylic oxidation sites excluding steroid dienone is 6. The van der Waals surface area contributed by atoms with Crippen molar-refractivity contribution in [2.24, 2.45) is 0 Å². The van der Waals surface area contributed by atoms with Crippen molar-refractivity contribution in [1.29, 1.82) is 0 Å². The summed E-state index contributed by atoms with van der Waals surface area (Å²) in [5.74, 6) is 1.90. The fourth-order valence-corrected chi connectivity index (χ4v) is 0.609. The molecule has 0 N–H and O–H groups in total. The second kappa shape index (κ2) is 5.64. The largest absolute Gasteiger partial charge is 0.467 e. The lowest BCUT2D eigenvalue weighted by Gasteiger charge is -2.06. The highest BCUT2D eigenvalue weighted by atomic mass is 16.5. The molecular weight excluding hydrogens is 148 g/mol. The molecule has 0 aromatic rings. The lowest BCUT2D eigenvalue weighted by molar-refractivity contribution is 0.304. The molecule has 0 saturated heterocycles. The first-order valence-electron chi connectivity index (χ1n) is 4.19. The van der Waals surface area contributed by atoms with Crippen molar-refractivity contribution in [3.05, 3.63) is 35.3 Å². The molecular formula is C11H18O. The number of ether oxygens (including phenoxy) is 1. The Kier molecular flexibility index (Phi) is 5.18. The average Bonchev–Trinajstić information content (AvgIpc) is 2.00. The van der Waals surface area contributed by atoms with E-state index in [4.69, 9.17) is 4.74 Å². The van der Waals surface area contributed by atoms with E-state index in [0.717, 1.165) is 11.5 Å². The minimum atomic E-state index is 0.923. The zero-order chi connectivity index (χ0) is 9.56. The minimum Gasteiger partial charge on any atom is -0.467 e. The first-order chi connectivity index (χ1) is 5.57. The predicted octanol–water partition coefficient (Wildman–Crippen LogP) is 3.80. The Balaban J connectivity index is 4.19. The van der Waals surface area contributed by atoms with Crippen LogP contribution < -0.4 is 0 Å². The summed E-state index contributed by atoms with van der Waals surface area (Å²) in [7, 11) is 0. The minimum absolute atomic E-state index is 0.923. The van der Waals surface area contributed by atoms with E-state index in [2.05, 4.69) is 0 Å². The zero-order valence-corrected chi connectivity index (χ0v) is 8.64. The predicted molar refractivity (Wildman–Crippen MR) is 53.7 cm³/mol. The van der Waals surface area contributed by atoms with Gasteiger partial charge < -0.3 is 4.74 Å². The summed E-state index contributed by atoms with van der Waals surface area (Å²) in [4.78, 5) is 0. The molecule has 0 heterocycles. The van der Waals surface area contributed by atoms with Crippen LogP contribution in [-0.4, -0.2) is 0 Å². The van der Waals surface area contributed by atoms with Crippen molar-refractivity contribution in [3.63, 3.8) is 0 Å². The molecule has 0 fully saturated rings. The van der Waals surface area contributed by atoms with Crippen molar-refractivity contribution in [2.75, 3.05) is 0 Å². The van der Waals surface area contributed by atoms with Gasteiger partial charge in [0.2, 0.25) is 0 Å². The first-order valence-corrected chi connectivity index (χ1v) is 4.19. The molecule has 0 aliphatic heterocycles. The van der Waals surface area contributed by atoms with Gasteiger partial charge in [-0.15, -0.1) is 0 Å². The Hall–Kier alpha value is -0.980. The summed E-state index contributed by atoms with van der Waals surface area (Å²) in [5, 5.41) is 0. The highest BCUT2D eigenvalue weighted by Gasteiger charge is 1.93. The molecule has 12 heavy (non-hydrogen) atoms. The maximum atomic E-state index is 5.50. The summed E-state index contributed by atoms with van der Waals surface area (Å²) in [6.45, 7) is 9.99. The second-order valence-electron chi connectivity index (χ2n) is 2.96. The van der Waals surface area contributed by atoms with Crippen LogP contribution in [0.15, 0.2) is 35.3 Å². The molecule has 0 aromatic carbocycles. The molecule has 1 nitrogen and oxygen atoms in total. The van der Waals surface area contributed by atoms with E-state index in [1.54, 1.807) is 0 Å². The average molecular weight is 166 g/mol. The molecule has 0 amide bonds. The lowest BCUT2D eigenvalue weighted by atomic mass is 10.3. The van der Waals surface area contributed by atoms with Crippen molar-refractivity contribution in [2.45, 2.75) is 34.6 Å². The van der Waals surface area contributed by atoms with E-state index >= 15 is 0 Å². The highest BCUT2D eigenvalue weighted by Crippen LogP contribution is 2.09. The van der Waals surface area contributed by atoms with Gasteiger partial charge in [0.25, 0.3) is 0 Å². The Morgan fingerprint density at radius 1 is 1.08 bits per heavy atom. The third-order valence-electron chi connectivity index (χ3n) is 1.54. The van der Waals surface area contributed by atoms with Crippen molar-refractivity contribution in [1.82, 2.24) is 0 Å². The van der Waals surface area contributed by atoms with Gasteiger partial charge in [0, 0.05) is 0 Å². The fraction of sp³-hybridized carbons (Fsp3) is 0.455. The van der Waals surface area contributed by atoms with E-state index in [9.17, 15) is 0 Å². The smallest absolute Gasteiger partial charge is 0.100 e. The Labute approximate surface area is 75.4 Å². The number of rotatable bonds is 3. The molecule has 0 atom stereocenters. The van der Waals surface area contributed by atoms with E-state index in [1.807, 2.05) is 52.8 Å². The molecule has 0 spiro atoms. The van der Waals surface area contributed by atoms with Crippen molar-refractivity contribution >= 4 is 0 Å². The maximum Gasteiger partial charge on any atom is 0.100 e. The molecule has 0 aliphatic rings. The zero-order valence-electron chi connectivity index (χ0n) is 8.64. The van der Waals surface area contributed by atoms with Crippen LogP contribution in [0.1, 0.15) is 34.6 Å². The quantitative estimate of drug-likeness (QED) is 0.457. The molecule has 0 rings (SSSR count). The molecule has 68 valence electrons. The third kappa shape index (κ3) is 4.78. The second-order valence-corrected chi connectivity index (χ2v) is 2.96. The summed E-state index contributed by atoms with van der Waals surface area (Å²) >= 11 is 0. The van der Waals surface area contributed by atoms with E-state index in [1.165, 1.54) is 5.57 Å². The van der Waals surface area contributed by atoms with Gasteiger partial charge in [-0.1, -0.05) is 12.2 Å². The highest BCUT2D eigenvalue weighted by molar-refractivity contribution is 5.09. The van der Waals surface area contributed by atoms with Crippen LogP contribution in [0.25, 0.3) is 0 Å². The lowest BCUT2D eigenvalue weighted by Crippen LogP contribution is -1.87. The van der Waals surface area contributed by atoms with E-state index in [0.29, 0.717) is 0 Å². The summed E-state index contributed by atoms with van der Waals surface area (Å²) in [5.41, 5.74) is 1.21. The molecule has 0 aliphatic carbocycles. The van der Waals surface area contributed by atoms with Gasteiger partial charge in [0.1, 0.15) is 5.76 Å². The summed E-state index contributed by atoms with van der Waals surface area (Å²) < 4.78 is 5.50. The molecule has 0 radical (unpaired) electrons. The van der Waals surface area contributed by atoms with Crippen LogP contribution in [0, 0.1) is 0 Å². The van der Waals surface area contributed by atoms with Gasteiger partial charge in [-0.05, 0) is 46.3 Å². The van der Waals surface area contributed by atoms with Crippen LogP contribution in [-0.2, 0) is 4.74 Å². The van der Waals surface area contributed by atoms with Crippen LogP contribution in [0.2, 0.25) is 0 Å². The molecule has 0 saturated carbocycles. The van der Waals surface area contributed by atoms with Gasteiger partial charge >= 0.3 is 0 Å². The van der Waals surface area contributed by atoms with E-state index < -0.39 is 0 Å². The topological polar surface area (TPSA) is 9.23 Å². The molecule has 0 bridgehead atoms. The normalized spacial score (nSPS) is 11.9. The SMILES string of the molecule is CC=CC=C(C)OC(C)=C(C)C. The fourth-order valence-electron chi connectivity index (χ4n) is 0.609. The van der Waals surface area contributed by atoms with Gasteiger partial charge in [-0.2, -0.15) is 0 Å². The summed E-state index contributed by atoms with van der Waals surface area (Å²) in [6.07, 6.45) is 5.89. The van der Waals surface area contributed by atoms with Gasteiger partial charge in [0.05, 0.1) is 5.76 Å². The summed E-state index contributed by atoms with van der Waals surface area (Å²) in [6, 6.07) is 0. The van der Waals surface area contributed by atoms with Crippen molar-refractivity contribution < 1.29 is 4.74 Å². The molecule has 0 aromatic heterocycles. The van der Waals surface area contributed by atoms with Crippen molar-refractivity contribution in [3.8, 4) is 0 Å². The third-order valence-corrected chi connectivity index (χ3v) is 1.54. The Bertz CT molecular complexity index is 215. The first kappa shape index (κ1) is 11.0. The number of hydrogen-bond donors (Lipinski definition) is 0. The van der Waals surface area contributed by atoms with Crippen LogP contribution >= 0.6 is 0 Å².